The molecule has 1 fully saturated rings. The summed E-state index contributed by atoms with van der Waals surface area (Å²) in [6, 6.07) is 0. The van der Waals surface area contributed by atoms with E-state index >= 15 is 0 Å². The van der Waals surface area contributed by atoms with Crippen molar-refractivity contribution in [1.82, 2.24) is 19.5 Å². The zero-order valence-corrected chi connectivity index (χ0v) is 10.2. The minimum absolute atomic E-state index is 0.0142. The predicted octanol–water partition coefficient (Wildman–Crippen LogP) is 0.732. The topological polar surface area (TPSA) is 99.1 Å². The van der Waals surface area contributed by atoms with Crippen LogP contribution < -0.4 is 5.73 Å². The smallest absolute Gasteiger partial charge is 0.223 e. The van der Waals surface area contributed by atoms with Gasteiger partial charge in [-0.15, -0.1) is 0 Å². The maximum absolute atomic E-state index is 9.07. The Labute approximate surface area is 108 Å². The second-order valence-electron chi connectivity index (χ2n) is 4.17. The van der Waals surface area contributed by atoms with E-state index in [0.717, 1.165) is 12.8 Å². The number of aliphatic hydroxyl groups is 1. The third-order valence-corrected chi connectivity index (χ3v) is 3.27. The minimum Gasteiger partial charge on any atom is -0.394 e. The Bertz CT molecular complexity index is 587. The number of aromatic nitrogens is 4. The lowest BCUT2D eigenvalue weighted by molar-refractivity contribution is -0.0205. The van der Waals surface area contributed by atoms with E-state index < -0.39 is 0 Å². The Morgan fingerprint density at radius 3 is 3.06 bits per heavy atom. The molecule has 2 aromatic rings. The SMILES string of the molecule is Nc1nc(Cl)c2c(ncn2[C@H]2CC[C@@H](CO)O2)n1. The standard InChI is InChI=1S/C10H12ClN5O2/c11-8-7-9(15-10(12)14-8)13-4-16(7)6-2-1-5(3-17)18-6/h4-6,17H,1-3H2,(H2,12,14,15)/t5-,6+/m0/s1. The van der Waals surface area contributed by atoms with Gasteiger partial charge in [-0.25, -0.2) is 4.98 Å². The number of ether oxygens (including phenoxy) is 1. The van der Waals surface area contributed by atoms with Crippen molar-refractivity contribution in [3.8, 4) is 0 Å². The third-order valence-electron chi connectivity index (χ3n) is 3.00. The number of nitrogens with two attached hydrogens (primary N) is 1. The van der Waals surface area contributed by atoms with Gasteiger partial charge in [-0.2, -0.15) is 9.97 Å². The number of aliphatic hydroxyl groups excluding tert-OH is 1. The number of anilines is 1. The van der Waals surface area contributed by atoms with Gasteiger partial charge in [0.2, 0.25) is 5.95 Å². The molecule has 1 aliphatic rings. The van der Waals surface area contributed by atoms with Gasteiger partial charge in [-0.1, -0.05) is 11.6 Å². The van der Waals surface area contributed by atoms with Crippen molar-refractivity contribution >= 4 is 28.7 Å². The van der Waals surface area contributed by atoms with Gasteiger partial charge in [0.1, 0.15) is 11.7 Å². The van der Waals surface area contributed by atoms with E-state index in [2.05, 4.69) is 15.0 Å². The van der Waals surface area contributed by atoms with Crippen molar-refractivity contribution < 1.29 is 9.84 Å². The molecule has 0 aromatic carbocycles. The minimum atomic E-state index is -0.197. The summed E-state index contributed by atoms with van der Waals surface area (Å²) < 4.78 is 7.46. The van der Waals surface area contributed by atoms with Crippen molar-refractivity contribution in [3.05, 3.63) is 11.5 Å². The third kappa shape index (κ3) is 1.80. The predicted molar refractivity (Wildman–Crippen MR) is 65.0 cm³/mol. The Balaban J connectivity index is 2.03. The highest BCUT2D eigenvalue weighted by Crippen LogP contribution is 2.32. The van der Waals surface area contributed by atoms with E-state index in [0.29, 0.717) is 11.2 Å². The highest BCUT2D eigenvalue weighted by Gasteiger charge is 2.28. The largest absolute Gasteiger partial charge is 0.394 e. The van der Waals surface area contributed by atoms with Gasteiger partial charge in [0.25, 0.3) is 0 Å². The van der Waals surface area contributed by atoms with Crippen molar-refractivity contribution in [2.24, 2.45) is 0 Å². The molecular weight excluding hydrogens is 258 g/mol. The highest BCUT2D eigenvalue weighted by atomic mass is 35.5. The van der Waals surface area contributed by atoms with E-state index in [-0.39, 0.29) is 30.0 Å². The first-order valence-corrected chi connectivity index (χ1v) is 5.98. The van der Waals surface area contributed by atoms with Gasteiger partial charge >= 0.3 is 0 Å². The lowest BCUT2D eigenvalue weighted by atomic mass is 10.2. The second kappa shape index (κ2) is 4.34. The van der Waals surface area contributed by atoms with Crippen LogP contribution in [0, 0.1) is 0 Å². The molecule has 7 nitrogen and oxygen atoms in total. The molecule has 1 aliphatic heterocycles. The van der Waals surface area contributed by atoms with Crippen LogP contribution in [0.3, 0.4) is 0 Å². The molecule has 3 rings (SSSR count). The number of hydrogen-bond donors (Lipinski definition) is 2. The van der Waals surface area contributed by atoms with Crippen LogP contribution in [0.25, 0.3) is 11.2 Å². The molecule has 2 atom stereocenters. The zero-order valence-electron chi connectivity index (χ0n) is 9.45. The molecule has 0 spiro atoms. The Morgan fingerprint density at radius 2 is 2.33 bits per heavy atom. The van der Waals surface area contributed by atoms with Crippen LogP contribution in [0.1, 0.15) is 19.1 Å². The number of halogens is 1. The van der Waals surface area contributed by atoms with Crippen LogP contribution in [0.2, 0.25) is 5.15 Å². The molecule has 3 N–H and O–H groups in total. The molecule has 3 heterocycles. The summed E-state index contributed by atoms with van der Waals surface area (Å²) in [6.45, 7) is 0.0142. The second-order valence-corrected chi connectivity index (χ2v) is 4.53. The normalized spacial score (nSPS) is 23.9. The van der Waals surface area contributed by atoms with Crippen LogP contribution >= 0.6 is 11.6 Å². The lowest BCUT2D eigenvalue weighted by Crippen LogP contribution is -2.14. The molecule has 2 aromatic heterocycles. The van der Waals surface area contributed by atoms with Crippen LogP contribution in [0.15, 0.2) is 6.33 Å². The monoisotopic (exact) mass is 269 g/mol. The fourth-order valence-corrected chi connectivity index (χ4v) is 2.43. The number of hydrogen-bond acceptors (Lipinski definition) is 6. The molecule has 18 heavy (non-hydrogen) atoms. The van der Waals surface area contributed by atoms with Gasteiger partial charge in [0.15, 0.2) is 10.8 Å². The number of rotatable bonds is 2. The van der Waals surface area contributed by atoms with Gasteiger partial charge in [0, 0.05) is 0 Å². The first kappa shape index (κ1) is 11.6. The first-order chi connectivity index (χ1) is 8.69. The summed E-state index contributed by atoms with van der Waals surface area (Å²) in [6.07, 6.45) is 2.86. The molecular formula is C10H12ClN5O2. The lowest BCUT2D eigenvalue weighted by Gasteiger charge is -2.14. The maximum atomic E-state index is 9.07. The summed E-state index contributed by atoms with van der Waals surface area (Å²) in [5, 5.41) is 9.32. The zero-order chi connectivity index (χ0) is 12.7. The van der Waals surface area contributed by atoms with Crippen molar-refractivity contribution in [2.75, 3.05) is 12.3 Å². The van der Waals surface area contributed by atoms with Crippen molar-refractivity contribution in [2.45, 2.75) is 25.2 Å². The van der Waals surface area contributed by atoms with Gasteiger partial charge < -0.3 is 15.6 Å². The summed E-state index contributed by atoms with van der Waals surface area (Å²) in [4.78, 5) is 12.1. The van der Waals surface area contributed by atoms with Gasteiger partial charge in [-0.05, 0) is 12.8 Å². The van der Waals surface area contributed by atoms with Crippen molar-refractivity contribution in [3.63, 3.8) is 0 Å². The Hall–Kier alpha value is -1.44. The summed E-state index contributed by atoms with van der Waals surface area (Å²) in [5.41, 5.74) is 6.56. The molecule has 0 saturated carbocycles. The molecule has 96 valence electrons. The molecule has 0 bridgehead atoms. The average molecular weight is 270 g/mol. The first-order valence-electron chi connectivity index (χ1n) is 5.61. The highest BCUT2D eigenvalue weighted by molar-refractivity contribution is 6.33. The summed E-state index contributed by atoms with van der Waals surface area (Å²) >= 11 is 6.06. The number of fused-ring (bicyclic) bond motifs is 1. The molecule has 0 unspecified atom stereocenters. The Morgan fingerprint density at radius 1 is 1.50 bits per heavy atom. The number of nitrogen functional groups attached to an aromatic ring is 1. The van der Waals surface area contributed by atoms with E-state index in [1.54, 1.807) is 10.9 Å². The van der Waals surface area contributed by atoms with Crippen LogP contribution in [0.4, 0.5) is 5.95 Å². The fraction of sp³-hybridized carbons (Fsp3) is 0.500. The van der Waals surface area contributed by atoms with Crippen molar-refractivity contribution in [1.29, 1.82) is 0 Å². The quantitative estimate of drug-likeness (QED) is 0.780. The van der Waals surface area contributed by atoms with E-state index in [1.165, 1.54) is 0 Å². The van der Waals surface area contributed by atoms with Gasteiger partial charge in [-0.3, -0.25) is 4.57 Å². The summed E-state index contributed by atoms with van der Waals surface area (Å²) in [7, 11) is 0. The Kier molecular flexibility index (Phi) is 2.81. The fourth-order valence-electron chi connectivity index (χ4n) is 2.16. The molecule has 1 saturated heterocycles. The molecule has 0 radical (unpaired) electrons. The van der Waals surface area contributed by atoms with Crippen LogP contribution in [-0.4, -0.2) is 37.3 Å². The molecule has 0 amide bonds. The molecule has 0 aliphatic carbocycles. The average Bonchev–Trinajstić information content (AvgIpc) is 2.93. The van der Waals surface area contributed by atoms with Crippen LogP contribution in [0.5, 0.6) is 0 Å². The number of imidazole rings is 1. The van der Waals surface area contributed by atoms with Crippen LogP contribution in [-0.2, 0) is 4.74 Å². The van der Waals surface area contributed by atoms with E-state index in [1.807, 2.05) is 0 Å². The maximum Gasteiger partial charge on any atom is 0.223 e. The number of nitrogens with zero attached hydrogens (tertiary/aromatic N) is 4. The van der Waals surface area contributed by atoms with Gasteiger partial charge in [0.05, 0.1) is 19.0 Å². The molecule has 8 heteroatoms. The van der Waals surface area contributed by atoms with E-state index in [4.69, 9.17) is 27.2 Å². The van der Waals surface area contributed by atoms with E-state index in [9.17, 15) is 0 Å². The summed E-state index contributed by atoms with van der Waals surface area (Å²) in [5.74, 6) is 0.0957.